The molecule has 2 bridgehead atoms. The Morgan fingerprint density at radius 2 is 2.18 bits per heavy atom. The third-order valence-electron chi connectivity index (χ3n) is 3.75. The fourth-order valence-electron chi connectivity index (χ4n) is 2.93. The van der Waals surface area contributed by atoms with Gasteiger partial charge in [-0.15, -0.1) is 0 Å². The van der Waals surface area contributed by atoms with Gasteiger partial charge >= 0.3 is 0 Å². The van der Waals surface area contributed by atoms with Crippen LogP contribution in [0.2, 0.25) is 0 Å². The molecule has 0 radical (unpaired) electrons. The monoisotopic (exact) mass is 239 g/mol. The minimum absolute atomic E-state index is 0.0770. The van der Waals surface area contributed by atoms with E-state index in [1.165, 1.54) is 6.42 Å². The molecule has 2 saturated heterocycles. The molecule has 96 valence electrons. The first kappa shape index (κ1) is 12.4. The van der Waals surface area contributed by atoms with E-state index in [0.717, 1.165) is 12.8 Å². The third kappa shape index (κ3) is 2.60. The molecule has 2 rings (SSSR count). The van der Waals surface area contributed by atoms with Crippen LogP contribution in [-0.2, 0) is 9.59 Å². The van der Waals surface area contributed by atoms with Crippen LogP contribution in [0.25, 0.3) is 0 Å². The molecule has 0 aromatic rings. The summed E-state index contributed by atoms with van der Waals surface area (Å²) in [7, 11) is 1.71. The second-order valence-corrected chi connectivity index (χ2v) is 5.04. The normalized spacial score (nSPS) is 30.4. The molecule has 0 aromatic heterocycles. The van der Waals surface area contributed by atoms with Crippen molar-refractivity contribution < 1.29 is 9.59 Å². The van der Waals surface area contributed by atoms with Gasteiger partial charge in [-0.3, -0.25) is 9.59 Å². The van der Waals surface area contributed by atoms with Gasteiger partial charge in [-0.25, -0.2) is 0 Å². The minimum Gasteiger partial charge on any atom is -0.355 e. The second kappa shape index (κ2) is 5.04. The predicted octanol–water partition coefficient (Wildman–Crippen LogP) is -0.279. The van der Waals surface area contributed by atoms with E-state index in [2.05, 4.69) is 10.6 Å². The van der Waals surface area contributed by atoms with E-state index >= 15 is 0 Å². The van der Waals surface area contributed by atoms with Crippen molar-refractivity contribution >= 4 is 11.8 Å². The summed E-state index contributed by atoms with van der Waals surface area (Å²) in [5.41, 5.74) is 0. The zero-order valence-electron chi connectivity index (χ0n) is 10.5. The zero-order chi connectivity index (χ0) is 12.4. The van der Waals surface area contributed by atoms with E-state index in [0.29, 0.717) is 18.6 Å². The lowest BCUT2D eigenvalue weighted by atomic mass is 9.88. The Hall–Kier alpha value is -1.10. The number of fused-ring (bicyclic) bond motifs is 2. The maximum Gasteiger partial charge on any atom is 0.239 e. The molecular weight excluding hydrogens is 218 g/mol. The molecule has 0 aromatic carbocycles. The summed E-state index contributed by atoms with van der Waals surface area (Å²) in [5.74, 6) is 0.101. The van der Waals surface area contributed by atoms with Crippen molar-refractivity contribution in [1.82, 2.24) is 15.5 Å². The Balaban J connectivity index is 1.85. The Kier molecular flexibility index (Phi) is 3.66. The van der Waals surface area contributed by atoms with Crippen LogP contribution in [0.3, 0.4) is 0 Å². The summed E-state index contributed by atoms with van der Waals surface area (Å²) in [5, 5.41) is 6.15. The van der Waals surface area contributed by atoms with Crippen LogP contribution in [-0.4, -0.2) is 48.9 Å². The molecule has 2 fully saturated rings. The lowest BCUT2D eigenvalue weighted by Gasteiger charge is -2.25. The molecule has 2 amide bonds. The quantitative estimate of drug-likeness (QED) is 0.709. The zero-order valence-corrected chi connectivity index (χ0v) is 10.5. The van der Waals surface area contributed by atoms with Crippen molar-refractivity contribution in [2.24, 2.45) is 5.92 Å². The van der Waals surface area contributed by atoms with Crippen LogP contribution in [0.15, 0.2) is 0 Å². The van der Waals surface area contributed by atoms with Crippen molar-refractivity contribution in [1.29, 1.82) is 0 Å². The van der Waals surface area contributed by atoms with Gasteiger partial charge < -0.3 is 15.5 Å². The van der Waals surface area contributed by atoms with Crippen LogP contribution in [0, 0.1) is 5.92 Å². The first-order valence-electron chi connectivity index (χ1n) is 6.39. The van der Waals surface area contributed by atoms with Crippen LogP contribution >= 0.6 is 0 Å². The number of nitrogens with one attached hydrogen (secondary N) is 2. The van der Waals surface area contributed by atoms with Gasteiger partial charge in [-0.1, -0.05) is 0 Å². The number of amides is 2. The molecule has 5 nitrogen and oxygen atoms in total. The van der Waals surface area contributed by atoms with Crippen LogP contribution in [0.5, 0.6) is 0 Å². The number of carbonyl (C=O) groups is 2. The summed E-state index contributed by atoms with van der Waals surface area (Å²) in [6.07, 6.45) is 3.22. The Labute approximate surface area is 102 Å². The summed E-state index contributed by atoms with van der Waals surface area (Å²) in [6, 6.07) is 0.857. The van der Waals surface area contributed by atoms with Crippen molar-refractivity contribution in [2.75, 3.05) is 20.1 Å². The lowest BCUT2D eigenvalue weighted by molar-refractivity contribution is -0.138. The topological polar surface area (TPSA) is 61.4 Å². The molecule has 5 heteroatoms. The average Bonchev–Trinajstić information content (AvgIpc) is 2.89. The maximum absolute atomic E-state index is 12.2. The molecular formula is C12H21N3O2. The molecule has 0 spiro atoms. The average molecular weight is 239 g/mol. The highest BCUT2D eigenvalue weighted by atomic mass is 16.2. The Bertz CT molecular complexity index is 319. The summed E-state index contributed by atoms with van der Waals surface area (Å²) >= 11 is 0. The van der Waals surface area contributed by atoms with Gasteiger partial charge in [0, 0.05) is 25.7 Å². The molecule has 0 aliphatic carbocycles. The van der Waals surface area contributed by atoms with Crippen molar-refractivity contribution in [3.8, 4) is 0 Å². The van der Waals surface area contributed by atoms with E-state index in [-0.39, 0.29) is 24.3 Å². The SMILES string of the molecule is CCNC(=O)CN(C)C(=O)C1CC2CCC1N2. The fraction of sp³-hybridized carbons (Fsp3) is 0.833. The van der Waals surface area contributed by atoms with Gasteiger partial charge in [0.15, 0.2) is 0 Å². The van der Waals surface area contributed by atoms with E-state index < -0.39 is 0 Å². The van der Waals surface area contributed by atoms with Crippen molar-refractivity contribution in [2.45, 2.75) is 38.3 Å². The van der Waals surface area contributed by atoms with Gasteiger partial charge in [0.2, 0.25) is 11.8 Å². The fourth-order valence-corrected chi connectivity index (χ4v) is 2.93. The van der Waals surface area contributed by atoms with E-state index in [9.17, 15) is 9.59 Å². The first-order chi connectivity index (χ1) is 8.11. The van der Waals surface area contributed by atoms with Gasteiger partial charge in [-0.2, -0.15) is 0 Å². The van der Waals surface area contributed by atoms with Crippen molar-refractivity contribution in [3.63, 3.8) is 0 Å². The highest BCUT2D eigenvalue weighted by molar-refractivity contribution is 5.86. The van der Waals surface area contributed by atoms with Gasteiger partial charge in [0.25, 0.3) is 0 Å². The van der Waals surface area contributed by atoms with Gasteiger partial charge in [0.1, 0.15) is 0 Å². The van der Waals surface area contributed by atoms with Crippen molar-refractivity contribution in [3.05, 3.63) is 0 Å². The molecule has 3 unspecified atom stereocenters. The molecule has 2 heterocycles. The molecule has 0 saturated carbocycles. The lowest BCUT2D eigenvalue weighted by Crippen LogP contribution is -2.43. The highest BCUT2D eigenvalue weighted by Gasteiger charge is 2.43. The Morgan fingerprint density at radius 3 is 2.71 bits per heavy atom. The number of nitrogens with zero attached hydrogens (tertiary/aromatic N) is 1. The van der Waals surface area contributed by atoms with Gasteiger partial charge in [0.05, 0.1) is 12.5 Å². The smallest absolute Gasteiger partial charge is 0.239 e. The summed E-state index contributed by atoms with van der Waals surface area (Å²) < 4.78 is 0. The second-order valence-electron chi connectivity index (χ2n) is 5.04. The minimum atomic E-state index is -0.0838. The Morgan fingerprint density at radius 1 is 1.41 bits per heavy atom. The molecule has 3 atom stereocenters. The predicted molar refractivity (Wildman–Crippen MR) is 64.4 cm³/mol. The number of hydrogen-bond acceptors (Lipinski definition) is 3. The number of likely N-dealkylation sites (N-methyl/N-ethyl adjacent to an activating group) is 2. The number of carbonyl (C=O) groups excluding carboxylic acids is 2. The standard InChI is InChI=1S/C12H21N3O2/c1-3-13-11(16)7-15(2)12(17)9-6-8-4-5-10(9)14-8/h8-10,14H,3-7H2,1-2H3,(H,13,16). The molecule has 17 heavy (non-hydrogen) atoms. The summed E-state index contributed by atoms with van der Waals surface area (Å²) in [6.45, 7) is 2.65. The molecule has 2 N–H and O–H groups in total. The highest BCUT2D eigenvalue weighted by Crippen LogP contribution is 2.34. The molecule has 2 aliphatic heterocycles. The third-order valence-corrected chi connectivity index (χ3v) is 3.75. The number of rotatable bonds is 4. The maximum atomic E-state index is 12.2. The van der Waals surface area contributed by atoms with E-state index in [1.807, 2.05) is 6.92 Å². The summed E-state index contributed by atoms with van der Waals surface area (Å²) in [4.78, 5) is 25.1. The van der Waals surface area contributed by atoms with Gasteiger partial charge in [-0.05, 0) is 26.2 Å². The van der Waals surface area contributed by atoms with E-state index in [4.69, 9.17) is 0 Å². The van der Waals surface area contributed by atoms with E-state index in [1.54, 1.807) is 11.9 Å². The first-order valence-corrected chi connectivity index (χ1v) is 6.39. The van der Waals surface area contributed by atoms with Crippen LogP contribution in [0.1, 0.15) is 26.2 Å². The molecule has 2 aliphatic rings. The largest absolute Gasteiger partial charge is 0.355 e. The van der Waals surface area contributed by atoms with Crippen LogP contribution < -0.4 is 10.6 Å². The van der Waals surface area contributed by atoms with Crippen LogP contribution in [0.4, 0.5) is 0 Å². The number of hydrogen-bond donors (Lipinski definition) is 2.